The van der Waals surface area contributed by atoms with Gasteiger partial charge in [0.15, 0.2) is 0 Å². The van der Waals surface area contributed by atoms with Crippen LogP contribution in [0.25, 0.3) is 5.57 Å². The van der Waals surface area contributed by atoms with Gasteiger partial charge >= 0.3 is 0 Å². The third kappa shape index (κ3) is 3.92. The second kappa shape index (κ2) is 8.28. The molecule has 3 aromatic rings. The zero-order chi connectivity index (χ0) is 22.1. The van der Waals surface area contributed by atoms with Crippen molar-refractivity contribution in [3.8, 4) is 5.75 Å². The van der Waals surface area contributed by atoms with Crippen LogP contribution in [0.5, 0.6) is 5.75 Å². The molecule has 1 heterocycles. The molecule has 2 amide bonds. The minimum absolute atomic E-state index is 0.205. The number of aryl methyl sites for hydroxylation is 2. The van der Waals surface area contributed by atoms with Crippen molar-refractivity contribution in [1.82, 2.24) is 0 Å². The topological polar surface area (TPSA) is 58.6 Å². The van der Waals surface area contributed by atoms with Gasteiger partial charge in [-0.15, -0.1) is 0 Å². The second-order valence-electron chi connectivity index (χ2n) is 7.35. The molecule has 0 unspecified atom stereocenters. The molecule has 0 bridgehead atoms. The summed E-state index contributed by atoms with van der Waals surface area (Å²) in [6, 6.07) is 19.8. The zero-order valence-electron chi connectivity index (χ0n) is 17.4. The maximum atomic E-state index is 13.5. The van der Waals surface area contributed by atoms with Crippen LogP contribution in [0, 0.1) is 13.8 Å². The van der Waals surface area contributed by atoms with E-state index in [9.17, 15) is 9.59 Å². The van der Waals surface area contributed by atoms with E-state index in [2.05, 4.69) is 5.32 Å². The number of hydrogen-bond acceptors (Lipinski definition) is 4. The number of benzene rings is 3. The van der Waals surface area contributed by atoms with E-state index in [-0.39, 0.29) is 11.6 Å². The van der Waals surface area contributed by atoms with Gasteiger partial charge in [0.2, 0.25) is 0 Å². The number of nitrogens with one attached hydrogen (secondary N) is 1. The van der Waals surface area contributed by atoms with E-state index in [0.717, 1.165) is 11.1 Å². The van der Waals surface area contributed by atoms with Crippen LogP contribution >= 0.6 is 11.6 Å². The lowest BCUT2D eigenvalue weighted by Crippen LogP contribution is -2.32. The van der Waals surface area contributed by atoms with E-state index in [0.29, 0.717) is 33.3 Å². The Balaban J connectivity index is 1.82. The number of anilines is 2. The molecule has 1 N–H and O–H groups in total. The fourth-order valence-corrected chi connectivity index (χ4v) is 3.67. The van der Waals surface area contributed by atoms with Gasteiger partial charge in [-0.3, -0.25) is 9.59 Å². The summed E-state index contributed by atoms with van der Waals surface area (Å²) < 4.78 is 5.22. The molecule has 5 nitrogen and oxygen atoms in total. The minimum Gasteiger partial charge on any atom is -0.497 e. The lowest BCUT2D eigenvalue weighted by atomic mass is 10.0. The fourth-order valence-electron chi connectivity index (χ4n) is 3.49. The number of amides is 2. The van der Waals surface area contributed by atoms with Gasteiger partial charge in [-0.25, -0.2) is 4.90 Å². The Kier molecular flexibility index (Phi) is 5.53. The highest BCUT2D eigenvalue weighted by atomic mass is 35.5. The zero-order valence-corrected chi connectivity index (χ0v) is 18.2. The number of nitrogens with zero attached hydrogens (tertiary/aromatic N) is 1. The molecule has 1 aliphatic heterocycles. The number of carbonyl (C=O) groups is 2. The van der Waals surface area contributed by atoms with Crippen LogP contribution in [0.2, 0.25) is 5.02 Å². The molecule has 0 radical (unpaired) electrons. The van der Waals surface area contributed by atoms with E-state index < -0.39 is 5.91 Å². The Hall–Kier alpha value is -3.57. The molecule has 0 fully saturated rings. The van der Waals surface area contributed by atoms with Crippen LogP contribution in [0.15, 0.2) is 72.4 Å². The highest BCUT2D eigenvalue weighted by Crippen LogP contribution is 2.35. The first-order valence-corrected chi connectivity index (χ1v) is 10.1. The lowest BCUT2D eigenvalue weighted by molar-refractivity contribution is -0.120. The summed E-state index contributed by atoms with van der Waals surface area (Å²) >= 11 is 6.26. The Labute approximate surface area is 185 Å². The van der Waals surface area contributed by atoms with E-state index >= 15 is 0 Å². The average Bonchev–Trinajstić information content (AvgIpc) is 3.00. The number of imide groups is 1. The van der Waals surface area contributed by atoms with Crippen molar-refractivity contribution in [3.05, 3.63) is 94.1 Å². The molecular formula is C25H21ClN2O3. The van der Waals surface area contributed by atoms with E-state index in [1.54, 1.807) is 43.5 Å². The normalized spacial score (nSPS) is 13.7. The summed E-state index contributed by atoms with van der Waals surface area (Å²) in [6.07, 6.45) is 0. The number of rotatable bonds is 5. The van der Waals surface area contributed by atoms with Gasteiger partial charge in [-0.05, 0) is 66.9 Å². The third-order valence-corrected chi connectivity index (χ3v) is 5.57. The molecule has 0 aliphatic carbocycles. The van der Waals surface area contributed by atoms with Gasteiger partial charge in [-0.2, -0.15) is 0 Å². The van der Waals surface area contributed by atoms with Crippen LogP contribution in [-0.2, 0) is 9.59 Å². The summed E-state index contributed by atoms with van der Waals surface area (Å²) in [5, 5.41) is 3.71. The smallest absolute Gasteiger partial charge is 0.282 e. The number of ether oxygens (including phenoxy) is 1. The lowest BCUT2D eigenvalue weighted by Gasteiger charge is -2.16. The van der Waals surface area contributed by atoms with Crippen molar-refractivity contribution in [3.63, 3.8) is 0 Å². The largest absolute Gasteiger partial charge is 0.497 e. The van der Waals surface area contributed by atoms with E-state index in [4.69, 9.17) is 16.3 Å². The standard InChI is InChI=1S/C25H21ClN2O3/c1-15-5-4-6-19(13-15)28-24(29)22(17-8-11-20(31-3)12-9-17)23(25(28)30)27-18-10-7-16(2)21(26)14-18/h4-14,27H,1-3H3. The predicted octanol–water partition coefficient (Wildman–Crippen LogP) is 5.36. The van der Waals surface area contributed by atoms with Gasteiger partial charge in [0, 0.05) is 10.7 Å². The molecule has 0 atom stereocenters. The highest BCUT2D eigenvalue weighted by molar-refractivity contribution is 6.46. The first kappa shape index (κ1) is 20.7. The Bertz CT molecular complexity index is 1220. The van der Waals surface area contributed by atoms with Gasteiger partial charge < -0.3 is 10.1 Å². The van der Waals surface area contributed by atoms with Crippen molar-refractivity contribution >= 4 is 40.4 Å². The third-order valence-electron chi connectivity index (χ3n) is 5.16. The van der Waals surface area contributed by atoms with Gasteiger partial charge in [-0.1, -0.05) is 41.9 Å². The van der Waals surface area contributed by atoms with E-state index in [1.807, 2.05) is 44.2 Å². The number of methoxy groups -OCH3 is 1. The molecule has 0 aromatic heterocycles. The Morgan fingerprint density at radius 3 is 2.29 bits per heavy atom. The van der Waals surface area contributed by atoms with Gasteiger partial charge in [0.25, 0.3) is 11.8 Å². The van der Waals surface area contributed by atoms with Crippen molar-refractivity contribution in [1.29, 1.82) is 0 Å². The average molecular weight is 433 g/mol. The first-order chi connectivity index (χ1) is 14.9. The van der Waals surface area contributed by atoms with Crippen LogP contribution in [0.1, 0.15) is 16.7 Å². The van der Waals surface area contributed by atoms with E-state index in [1.165, 1.54) is 4.90 Å². The quantitative estimate of drug-likeness (QED) is 0.551. The van der Waals surface area contributed by atoms with Crippen LogP contribution in [-0.4, -0.2) is 18.9 Å². The maximum Gasteiger partial charge on any atom is 0.282 e. The van der Waals surface area contributed by atoms with Crippen LogP contribution in [0.4, 0.5) is 11.4 Å². The summed E-state index contributed by atoms with van der Waals surface area (Å²) in [7, 11) is 1.58. The molecule has 6 heteroatoms. The second-order valence-corrected chi connectivity index (χ2v) is 7.76. The summed E-state index contributed by atoms with van der Waals surface area (Å²) in [6.45, 7) is 3.82. The molecule has 3 aromatic carbocycles. The van der Waals surface area contributed by atoms with Crippen molar-refractivity contribution < 1.29 is 14.3 Å². The Morgan fingerprint density at radius 2 is 1.65 bits per heavy atom. The molecule has 1 aliphatic rings. The number of carbonyl (C=O) groups excluding carboxylic acids is 2. The highest BCUT2D eigenvalue weighted by Gasteiger charge is 2.40. The molecule has 0 saturated carbocycles. The van der Waals surface area contributed by atoms with Gasteiger partial charge in [0.05, 0.1) is 18.4 Å². The fraction of sp³-hybridized carbons (Fsp3) is 0.120. The SMILES string of the molecule is COc1ccc(C2=C(Nc3ccc(C)c(Cl)c3)C(=O)N(c3cccc(C)c3)C2=O)cc1. The van der Waals surface area contributed by atoms with Crippen LogP contribution < -0.4 is 15.0 Å². The monoisotopic (exact) mass is 432 g/mol. The molecular weight excluding hydrogens is 412 g/mol. The number of hydrogen-bond donors (Lipinski definition) is 1. The van der Waals surface area contributed by atoms with Crippen molar-refractivity contribution in [2.75, 3.05) is 17.3 Å². The molecule has 0 saturated heterocycles. The molecule has 156 valence electrons. The van der Waals surface area contributed by atoms with Crippen LogP contribution in [0.3, 0.4) is 0 Å². The maximum absolute atomic E-state index is 13.5. The van der Waals surface area contributed by atoms with Crippen molar-refractivity contribution in [2.24, 2.45) is 0 Å². The predicted molar refractivity (Wildman–Crippen MR) is 123 cm³/mol. The molecule has 4 rings (SSSR count). The van der Waals surface area contributed by atoms with Gasteiger partial charge in [0.1, 0.15) is 11.4 Å². The first-order valence-electron chi connectivity index (χ1n) is 9.76. The summed E-state index contributed by atoms with van der Waals surface area (Å²) in [5.41, 5.74) is 4.16. The minimum atomic E-state index is -0.418. The Morgan fingerprint density at radius 1 is 0.903 bits per heavy atom. The number of halogens is 1. The molecule has 31 heavy (non-hydrogen) atoms. The summed E-state index contributed by atoms with van der Waals surface area (Å²) in [5.74, 6) is -0.143. The summed E-state index contributed by atoms with van der Waals surface area (Å²) in [4.78, 5) is 28.1. The van der Waals surface area contributed by atoms with Crippen molar-refractivity contribution in [2.45, 2.75) is 13.8 Å². The molecule has 0 spiro atoms.